The summed E-state index contributed by atoms with van der Waals surface area (Å²) in [6.07, 6.45) is 1.51. The zero-order chi connectivity index (χ0) is 14.1. The molecule has 0 bridgehead atoms. The Kier molecular flexibility index (Phi) is 2.77. The Labute approximate surface area is 115 Å². The van der Waals surface area contributed by atoms with Crippen molar-refractivity contribution < 1.29 is 9.59 Å². The van der Waals surface area contributed by atoms with Crippen LogP contribution in [0.3, 0.4) is 0 Å². The summed E-state index contributed by atoms with van der Waals surface area (Å²) in [7, 11) is 0. The maximum Gasteiger partial charge on any atom is 0.274 e. The van der Waals surface area contributed by atoms with Gasteiger partial charge in [-0.3, -0.25) is 14.5 Å². The van der Waals surface area contributed by atoms with Crippen LogP contribution in [0.2, 0.25) is 0 Å². The predicted octanol–water partition coefficient (Wildman–Crippen LogP) is 2.43. The van der Waals surface area contributed by atoms with Gasteiger partial charge in [-0.1, -0.05) is 24.8 Å². The maximum atomic E-state index is 12.2. The van der Waals surface area contributed by atoms with Crippen LogP contribution in [-0.2, 0) is 6.54 Å². The molecule has 1 aliphatic rings. The number of fused-ring (bicyclic) bond motifs is 1. The highest BCUT2D eigenvalue weighted by atomic mass is 16.2. The number of amides is 2. The summed E-state index contributed by atoms with van der Waals surface area (Å²) in [5, 5.41) is 0. The van der Waals surface area contributed by atoms with Crippen LogP contribution in [-0.4, -0.2) is 21.7 Å². The molecule has 0 fully saturated rings. The van der Waals surface area contributed by atoms with Gasteiger partial charge in [-0.05, 0) is 23.8 Å². The van der Waals surface area contributed by atoms with Crippen molar-refractivity contribution in [2.24, 2.45) is 0 Å². The molecule has 96 valence electrons. The highest BCUT2D eigenvalue weighted by molar-refractivity contribution is 6.21. The van der Waals surface area contributed by atoms with Crippen molar-refractivity contribution in [3.8, 4) is 0 Å². The lowest BCUT2D eigenvalue weighted by Gasteiger charge is -2.14. The summed E-state index contributed by atoms with van der Waals surface area (Å²) >= 11 is 0. The summed E-state index contributed by atoms with van der Waals surface area (Å²) in [5.74, 6) is -0.445. The smallest absolute Gasteiger partial charge is 0.274 e. The van der Waals surface area contributed by atoms with Gasteiger partial charge in [0.25, 0.3) is 17.6 Å². The van der Waals surface area contributed by atoms with Crippen LogP contribution in [0.4, 0.5) is 5.82 Å². The van der Waals surface area contributed by atoms with E-state index in [1.807, 2.05) is 0 Å². The molecule has 0 saturated carbocycles. The molecule has 5 heteroatoms. The molecule has 2 amide bonds. The van der Waals surface area contributed by atoms with Crippen molar-refractivity contribution in [3.05, 3.63) is 70.7 Å². The van der Waals surface area contributed by atoms with Crippen LogP contribution >= 0.6 is 0 Å². The van der Waals surface area contributed by atoms with E-state index in [9.17, 15) is 9.59 Å². The minimum absolute atomic E-state index is 0.0674. The van der Waals surface area contributed by atoms with E-state index in [0.29, 0.717) is 16.7 Å². The van der Waals surface area contributed by atoms with Gasteiger partial charge in [0.15, 0.2) is 0 Å². The molecule has 0 unspecified atom stereocenters. The second-order valence-corrected chi connectivity index (χ2v) is 4.34. The third kappa shape index (κ3) is 1.75. The van der Waals surface area contributed by atoms with Crippen LogP contribution in [0.15, 0.2) is 42.6 Å². The first-order valence-corrected chi connectivity index (χ1v) is 5.99. The molecular formula is C15H9N3O2. The van der Waals surface area contributed by atoms with E-state index in [0.717, 1.165) is 4.90 Å². The monoisotopic (exact) mass is 263 g/mol. The first-order chi connectivity index (χ1) is 9.72. The van der Waals surface area contributed by atoms with Gasteiger partial charge >= 0.3 is 0 Å². The molecule has 0 N–H and O–H groups in total. The number of aromatic nitrogens is 1. The van der Waals surface area contributed by atoms with Gasteiger partial charge in [0.2, 0.25) is 0 Å². The summed E-state index contributed by atoms with van der Waals surface area (Å²) in [6.45, 7) is 7.13. The lowest BCUT2D eigenvalue weighted by molar-refractivity contribution is 0.0642. The maximum absolute atomic E-state index is 12.2. The quantitative estimate of drug-likeness (QED) is 0.617. The van der Waals surface area contributed by atoms with Gasteiger partial charge in [0.05, 0.1) is 11.1 Å². The van der Waals surface area contributed by atoms with Gasteiger partial charge in [0.1, 0.15) is 6.20 Å². The fraction of sp³-hybridized carbons (Fsp3) is 0.0667. The Hall–Kier alpha value is -3.00. The Balaban J connectivity index is 1.97. The van der Waals surface area contributed by atoms with Gasteiger partial charge in [-0.15, -0.1) is 4.98 Å². The summed E-state index contributed by atoms with van der Waals surface area (Å²) in [6, 6.07) is 10.1. The minimum Gasteiger partial charge on any atom is -0.360 e. The molecule has 1 aromatic heterocycles. The van der Waals surface area contributed by atoms with Crippen LogP contribution in [0.1, 0.15) is 26.3 Å². The third-order valence-corrected chi connectivity index (χ3v) is 3.18. The third-order valence-electron chi connectivity index (χ3n) is 3.18. The minimum atomic E-state index is -0.328. The lowest BCUT2D eigenvalue weighted by atomic mass is 10.1. The van der Waals surface area contributed by atoms with Crippen LogP contribution in [0.25, 0.3) is 4.85 Å². The second-order valence-electron chi connectivity index (χ2n) is 4.34. The number of nitrogens with zero attached hydrogens (tertiary/aromatic N) is 3. The van der Waals surface area contributed by atoms with Crippen molar-refractivity contribution in [3.63, 3.8) is 0 Å². The largest absolute Gasteiger partial charge is 0.360 e. The highest BCUT2D eigenvalue weighted by Gasteiger charge is 2.35. The number of hydrogen-bond acceptors (Lipinski definition) is 3. The van der Waals surface area contributed by atoms with E-state index in [1.165, 1.54) is 6.20 Å². The molecule has 0 aliphatic carbocycles. The molecule has 0 saturated heterocycles. The Morgan fingerprint density at radius 1 is 1.05 bits per heavy atom. The number of hydrogen-bond donors (Lipinski definition) is 0. The average molecular weight is 263 g/mol. The van der Waals surface area contributed by atoms with Crippen molar-refractivity contribution in [1.82, 2.24) is 9.88 Å². The van der Waals surface area contributed by atoms with Crippen molar-refractivity contribution in [2.75, 3.05) is 0 Å². The SMILES string of the molecule is [C-]#[N+]c1ncccc1CN1C(=O)c2ccccc2C1=O. The van der Waals surface area contributed by atoms with Gasteiger partial charge in [0, 0.05) is 6.54 Å². The van der Waals surface area contributed by atoms with Crippen LogP contribution in [0, 0.1) is 6.57 Å². The first-order valence-electron chi connectivity index (χ1n) is 5.99. The summed E-state index contributed by atoms with van der Waals surface area (Å²) in [5.41, 5.74) is 1.38. The van der Waals surface area contributed by atoms with E-state index >= 15 is 0 Å². The van der Waals surface area contributed by atoms with Crippen molar-refractivity contribution >= 4 is 17.6 Å². The molecule has 0 radical (unpaired) electrons. The Morgan fingerprint density at radius 3 is 2.30 bits per heavy atom. The topological polar surface area (TPSA) is 54.6 Å². The molecule has 20 heavy (non-hydrogen) atoms. The molecule has 1 aromatic carbocycles. The first kappa shape index (κ1) is 12.1. The molecule has 1 aliphatic heterocycles. The van der Waals surface area contributed by atoms with Crippen molar-refractivity contribution in [2.45, 2.75) is 6.54 Å². The van der Waals surface area contributed by atoms with Crippen LogP contribution in [0.5, 0.6) is 0 Å². The van der Waals surface area contributed by atoms with Gasteiger partial charge in [-0.2, -0.15) is 0 Å². The molecule has 0 atom stereocenters. The zero-order valence-electron chi connectivity index (χ0n) is 10.4. The standard InChI is InChI=1S/C15H9N3O2/c1-16-13-10(5-4-8-17-13)9-18-14(19)11-6-2-3-7-12(11)15(18)20/h2-8H,9H2. The molecule has 0 spiro atoms. The fourth-order valence-electron chi connectivity index (χ4n) is 2.21. The Morgan fingerprint density at radius 2 is 1.70 bits per heavy atom. The molecular weight excluding hydrogens is 254 g/mol. The number of rotatable bonds is 2. The number of imide groups is 1. The normalized spacial score (nSPS) is 13.2. The zero-order valence-corrected chi connectivity index (χ0v) is 10.4. The number of pyridine rings is 1. The predicted molar refractivity (Wildman–Crippen MR) is 71.1 cm³/mol. The molecule has 5 nitrogen and oxygen atoms in total. The Bertz CT molecular complexity index is 727. The van der Waals surface area contributed by atoms with Crippen LogP contribution < -0.4 is 0 Å². The summed E-state index contributed by atoms with van der Waals surface area (Å²) < 4.78 is 0. The number of benzene rings is 1. The summed E-state index contributed by atoms with van der Waals surface area (Å²) in [4.78, 5) is 32.8. The van der Waals surface area contributed by atoms with Gasteiger partial charge < -0.3 is 4.85 Å². The van der Waals surface area contributed by atoms with E-state index in [1.54, 1.807) is 36.4 Å². The lowest BCUT2D eigenvalue weighted by Crippen LogP contribution is -2.29. The van der Waals surface area contributed by atoms with E-state index in [4.69, 9.17) is 6.57 Å². The average Bonchev–Trinajstić information content (AvgIpc) is 2.73. The molecule has 2 aromatic rings. The van der Waals surface area contributed by atoms with Crippen molar-refractivity contribution in [1.29, 1.82) is 0 Å². The molecule has 3 rings (SSSR count). The second kappa shape index (κ2) is 4.59. The number of carbonyl (C=O) groups excluding carboxylic acids is 2. The number of carbonyl (C=O) groups is 2. The highest BCUT2D eigenvalue weighted by Crippen LogP contribution is 2.26. The van der Waals surface area contributed by atoms with E-state index < -0.39 is 0 Å². The van der Waals surface area contributed by atoms with E-state index in [-0.39, 0.29) is 24.2 Å². The molecule has 2 heterocycles. The van der Waals surface area contributed by atoms with Gasteiger partial charge in [-0.25, -0.2) is 0 Å². The van der Waals surface area contributed by atoms with E-state index in [2.05, 4.69) is 9.83 Å². The fourth-order valence-corrected chi connectivity index (χ4v) is 2.21.